The second kappa shape index (κ2) is 12.5. The minimum absolute atomic E-state index is 0.0335. The highest BCUT2D eigenvalue weighted by Gasteiger charge is 2.39. The molecule has 2 N–H and O–H groups in total. The van der Waals surface area contributed by atoms with Gasteiger partial charge in [0, 0.05) is 36.5 Å². The number of carbonyl (C=O) groups excluding carboxylic acids is 3. The number of halogens is 1. The van der Waals surface area contributed by atoms with Crippen molar-refractivity contribution in [2.45, 2.75) is 76.9 Å². The first-order valence-corrected chi connectivity index (χ1v) is 13.0. The Hall–Kier alpha value is -2.12. The normalized spacial score (nSPS) is 19.8. The summed E-state index contributed by atoms with van der Waals surface area (Å²) in [5.74, 6) is -0.191. The van der Waals surface area contributed by atoms with Gasteiger partial charge in [0.25, 0.3) is 0 Å². The Morgan fingerprint density at radius 2 is 1.74 bits per heavy atom. The minimum Gasteiger partial charge on any atom is -0.343 e. The lowest BCUT2D eigenvalue weighted by molar-refractivity contribution is -0.141. The second-order valence-electron chi connectivity index (χ2n) is 9.90. The molecule has 8 heteroatoms. The molecule has 0 bridgehead atoms. The van der Waals surface area contributed by atoms with Gasteiger partial charge in [-0.2, -0.15) is 0 Å². The van der Waals surface area contributed by atoms with Crippen LogP contribution in [0.4, 0.5) is 0 Å². The molecular weight excluding hydrogens is 452 g/mol. The monoisotopic (exact) mass is 490 g/mol. The molecule has 0 radical (unpaired) electrons. The summed E-state index contributed by atoms with van der Waals surface area (Å²) >= 11 is 6.01. The summed E-state index contributed by atoms with van der Waals surface area (Å²) in [6.45, 7) is 5.17. The molecule has 0 aromatic heterocycles. The molecule has 2 atom stereocenters. The Kier molecular flexibility index (Phi) is 9.77. The van der Waals surface area contributed by atoms with E-state index in [1.807, 2.05) is 30.9 Å². The van der Waals surface area contributed by atoms with Crippen LogP contribution < -0.4 is 10.6 Å². The molecule has 7 nitrogen and oxygen atoms in total. The number of likely N-dealkylation sites (N-methyl/N-ethyl adjacent to an activating group) is 1. The summed E-state index contributed by atoms with van der Waals surface area (Å²) in [5, 5.41) is 6.37. The number of nitrogens with one attached hydrogen (secondary N) is 2. The molecule has 1 saturated carbocycles. The summed E-state index contributed by atoms with van der Waals surface area (Å²) in [4.78, 5) is 43.0. The molecule has 2 aliphatic rings. The summed E-state index contributed by atoms with van der Waals surface area (Å²) < 4.78 is 0. The van der Waals surface area contributed by atoms with E-state index < -0.39 is 6.04 Å². The number of rotatable bonds is 9. The van der Waals surface area contributed by atoms with Gasteiger partial charge >= 0.3 is 0 Å². The van der Waals surface area contributed by atoms with Gasteiger partial charge < -0.3 is 20.4 Å². The van der Waals surface area contributed by atoms with Crippen molar-refractivity contribution in [3.05, 3.63) is 34.9 Å². The zero-order valence-electron chi connectivity index (χ0n) is 20.7. The maximum Gasteiger partial charge on any atom is 0.245 e. The van der Waals surface area contributed by atoms with Crippen molar-refractivity contribution in [2.75, 3.05) is 26.7 Å². The Labute approximate surface area is 208 Å². The molecule has 188 valence electrons. The molecule has 1 aliphatic carbocycles. The maximum absolute atomic E-state index is 13.6. The molecular formula is C26H39ClN4O3. The molecule has 1 aromatic rings. The molecule has 2 unspecified atom stereocenters. The summed E-state index contributed by atoms with van der Waals surface area (Å²) in [6, 6.07) is 6.98. The van der Waals surface area contributed by atoms with Gasteiger partial charge in [0.1, 0.15) is 6.04 Å². The van der Waals surface area contributed by atoms with E-state index in [-0.39, 0.29) is 42.3 Å². The smallest absolute Gasteiger partial charge is 0.245 e. The molecule has 1 aliphatic heterocycles. The van der Waals surface area contributed by atoms with E-state index in [0.29, 0.717) is 24.5 Å². The lowest BCUT2D eigenvalue weighted by Gasteiger charge is -2.39. The van der Waals surface area contributed by atoms with Crippen LogP contribution in [0.3, 0.4) is 0 Å². The zero-order chi connectivity index (χ0) is 24.7. The number of amides is 3. The van der Waals surface area contributed by atoms with Crippen LogP contribution in [0.2, 0.25) is 5.02 Å². The lowest BCUT2D eigenvalue weighted by Crippen LogP contribution is -2.53. The van der Waals surface area contributed by atoms with Crippen LogP contribution in [-0.4, -0.2) is 72.3 Å². The van der Waals surface area contributed by atoms with Crippen molar-refractivity contribution in [2.24, 2.45) is 5.92 Å². The first kappa shape index (κ1) is 26.5. The maximum atomic E-state index is 13.6. The molecule has 0 spiro atoms. The van der Waals surface area contributed by atoms with E-state index in [2.05, 4.69) is 15.5 Å². The number of carbonyl (C=O) groups is 3. The van der Waals surface area contributed by atoms with E-state index >= 15 is 0 Å². The topological polar surface area (TPSA) is 81.8 Å². The van der Waals surface area contributed by atoms with Crippen molar-refractivity contribution >= 4 is 29.3 Å². The highest BCUT2D eigenvalue weighted by Crippen LogP contribution is 2.29. The number of nitrogens with zero attached hydrogens (tertiary/aromatic N) is 2. The fourth-order valence-electron chi connectivity index (χ4n) is 5.17. The summed E-state index contributed by atoms with van der Waals surface area (Å²) in [5.41, 5.74) is 0.932. The van der Waals surface area contributed by atoms with Gasteiger partial charge in [-0.1, -0.05) is 56.8 Å². The number of hydrogen-bond acceptors (Lipinski definition) is 4. The second-order valence-corrected chi connectivity index (χ2v) is 10.3. The highest BCUT2D eigenvalue weighted by atomic mass is 35.5. The number of likely N-dealkylation sites (tertiary alicyclic amines) is 1. The Bertz CT molecular complexity index is 839. The van der Waals surface area contributed by atoms with Gasteiger partial charge in [0.05, 0.1) is 12.6 Å². The molecule has 2 fully saturated rings. The third-order valence-corrected chi connectivity index (χ3v) is 7.16. The Morgan fingerprint density at radius 1 is 1.06 bits per heavy atom. The van der Waals surface area contributed by atoms with Crippen LogP contribution >= 0.6 is 11.6 Å². The highest BCUT2D eigenvalue weighted by molar-refractivity contribution is 6.30. The van der Waals surface area contributed by atoms with Crippen LogP contribution in [0.25, 0.3) is 0 Å². The van der Waals surface area contributed by atoms with E-state index in [0.717, 1.165) is 37.7 Å². The Balaban J connectivity index is 1.73. The first-order valence-electron chi connectivity index (χ1n) is 12.6. The van der Waals surface area contributed by atoms with E-state index in [9.17, 15) is 14.4 Å². The quantitative estimate of drug-likeness (QED) is 0.557. The fraction of sp³-hybridized carbons (Fsp3) is 0.654. The van der Waals surface area contributed by atoms with Crippen LogP contribution in [0.15, 0.2) is 24.3 Å². The third-order valence-electron chi connectivity index (χ3n) is 6.91. The van der Waals surface area contributed by atoms with Crippen molar-refractivity contribution in [3.8, 4) is 0 Å². The zero-order valence-corrected chi connectivity index (χ0v) is 21.4. The Morgan fingerprint density at radius 3 is 2.35 bits per heavy atom. The summed E-state index contributed by atoms with van der Waals surface area (Å²) in [6.07, 6.45) is 6.80. The molecule has 1 saturated heterocycles. The fourth-order valence-corrected chi connectivity index (χ4v) is 5.29. The molecule has 3 amide bonds. The summed E-state index contributed by atoms with van der Waals surface area (Å²) in [7, 11) is 1.70. The first-order chi connectivity index (χ1) is 16.3. The van der Waals surface area contributed by atoms with Crippen LogP contribution in [0.5, 0.6) is 0 Å². The number of benzene rings is 1. The van der Waals surface area contributed by atoms with Gasteiger partial charge in [-0.25, -0.2) is 0 Å². The average molecular weight is 491 g/mol. The van der Waals surface area contributed by atoms with Gasteiger partial charge in [-0.05, 0) is 44.0 Å². The largest absolute Gasteiger partial charge is 0.343 e. The van der Waals surface area contributed by atoms with Crippen molar-refractivity contribution < 1.29 is 14.4 Å². The van der Waals surface area contributed by atoms with Crippen LogP contribution in [0.1, 0.15) is 57.9 Å². The lowest BCUT2D eigenvalue weighted by atomic mass is 9.92. The average Bonchev–Trinajstić information content (AvgIpc) is 3.30. The van der Waals surface area contributed by atoms with Gasteiger partial charge in [-0.3, -0.25) is 14.4 Å². The van der Waals surface area contributed by atoms with Crippen LogP contribution in [0, 0.1) is 5.92 Å². The molecule has 1 heterocycles. The molecule has 34 heavy (non-hydrogen) atoms. The standard InChI is InChI=1S/C26H39ClN4O3/c1-18(2)25(33)31(21-7-5-4-6-8-21)22-13-14-30(17-22)26(34)23(29-24(32)16-28-3)15-19-9-11-20(27)12-10-19/h9-12,18,21-23,28H,4-8,13-17H2,1-3H3,(H,29,32). The minimum atomic E-state index is -0.662. The van der Waals surface area contributed by atoms with Gasteiger partial charge in [0.15, 0.2) is 0 Å². The third kappa shape index (κ3) is 6.95. The van der Waals surface area contributed by atoms with E-state index in [1.165, 1.54) is 6.42 Å². The van der Waals surface area contributed by atoms with Gasteiger partial charge in [0.2, 0.25) is 17.7 Å². The van der Waals surface area contributed by atoms with Crippen molar-refractivity contribution in [1.29, 1.82) is 0 Å². The SMILES string of the molecule is CNCC(=O)NC(Cc1ccc(Cl)cc1)C(=O)N1CCC(N(C(=O)C(C)C)C2CCCCC2)C1. The number of hydrogen-bond donors (Lipinski definition) is 2. The van der Waals surface area contributed by atoms with E-state index in [1.54, 1.807) is 19.2 Å². The van der Waals surface area contributed by atoms with Crippen LogP contribution in [-0.2, 0) is 20.8 Å². The molecule has 3 rings (SSSR count). The molecule has 1 aromatic carbocycles. The van der Waals surface area contributed by atoms with E-state index in [4.69, 9.17) is 11.6 Å². The van der Waals surface area contributed by atoms with Gasteiger partial charge in [-0.15, -0.1) is 0 Å². The predicted molar refractivity (Wildman–Crippen MR) is 135 cm³/mol. The van der Waals surface area contributed by atoms with Crippen molar-refractivity contribution in [1.82, 2.24) is 20.4 Å². The predicted octanol–water partition coefficient (Wildman–Crippen LogP) is 3.00. The van der Waals surface area contributed by atoms with Crippen molar-refractivity contribution in [3.63, 3.8) is 0 Å².